The van der Waals surface area contributed by atoms with E-state index in [9.17, 15) is 4.39 Å². The van der Waals surface area contributed by atoms with E-state index >= 15 is 0 Å². The van der Waals surface area contributed by atoms with Gasteiger partial charge in [0.2, 0.25) is 0 Å². The van der Waals surface area contributed by atoms with Gasteiger partial charge in [0.1, 0.15) is 11.3 Å². The summed E-state index contributed by atoms with van der Waals surface area (Å²) >= 11 is 5.72. The second-order valence-corrected chi connectivity index (χ2v) is 4.91. The largest absolute Gasteiger partial charge is 0.325 e. The first-order valence-electron chi connectivity index (χ1n) is 6.02. The fraction of sp³-hybridized carbons (Fsp3) is 0.462. The Morgan fingerprint density at radius 1 is 1.41 bits per heavy atom. The maximum absolute atomic E-state index is 13.7. The Labute approximate surface area is 104 Å². The van der Waals surface area contributed by atoms with Crippen LogP contribution in [0.5, 0.6) is 0 Å². The number of imidazole rings is 1. The topological polar surface area (TPSA) is 17.8 Å². The number of nitrogens with zero attached hydrogens (tertiary/aromatic N) is 2. The predicted octanol–water partition coefficient (Wildman–Crippen LogP) is 3.68. The second-order valence-electron chi connectivity index (χ2n) is 4.53. The molecule has 0 bridgehead atoms. The van der Waals surface area contributed by atoms with Crippen LogP contribution in [0.1, 0.15) is 31.1 Å². The van der Waals surface area contributed by atoms with Gasteiger partial charge >= 0.3 is 0 Å². The molecule has 1 aromatic heterocycles. The summed E-state index contributed by atoms with van der Waals surface area (Å²) in [6, 6.07) is 5.70. The van der Waals surface area contributed by atoms with Gasteiger partial charge in [-0.1, -0.05) is 6.07 Å². The van der Waals surface area contributed by atoms with Crippen molar-refractivity contribution in [2.24, 2.45) is 0 Å². The average Bonchev–Trinajstić information content (AvgIpc) is 3.09. The van der Waals surface area contributed by atoms with Gasteiger partial charge in [-0.15, -0.1) is 11.6 Å². The molecule has 2 aromatic rings. The number of hydrogen-bond donors (Lipinski definition) is 0. The molecule has 0 atom stereocenters. The molecular formula is C13H14ClFN2. The van der Waals surface area contributed by atoms with E-state index in [0.717, 1.165) is 24.2 Å². The van der Waals surface area contributed by atoms with Crippen molar-refractivity contribution in [3.8, 4) is 0 Å². The molecule has 0 aliphatic heterocycles. The molecule has 1 aliphatic rings. The van der Waals surface area contributed by atoms with E-state index in [0.29, 0.717) is 17.4 Å². The number of alkyl halides is 1. The Balaban J connectivity index is 2.12. The van der Waals surface area contributed by atoms with E-state index in [1.165, 1.54) is 18.9 Å². The molecule has 90 valence electrons. The number of rotatable bonds is 4. The molecule has 17 heavy (non-hydrogen) atoms. The summed E-state index contributed by atoms with van der Waals surface area (Å²) in [4.78, 5) is 4.44. The summed E-state index contributed by atoms with van der Waals surface area (Å²) in [6.07, 6.45) is 4.07. The van der Waals surface area contributed by atoms with Gasteiger partial charge in [0.25, 0.3) is 0 Å². The van der Waals surface area contributed by atoms with Crippen molar-refractivity contribution in [1.29, 1.82) is 0 Å². The average molecular weight is 253 g/mol. The highest BCUT2D eigenvalue weighted by molar-refractivity contribution is 6.17. The SMILES string of the molecule is Fc1cccc2c1nc(CCCCl)n2C1CC1. The lowest BCUT2D eigenvalue weighted by atomic mass is 10.3. The molecule has 0 unspecified atom stereocenters. The van der Waals surface area contributed by atoms with Crippen LogP contribution in [0.2, 0.25) is 0 Å². The van der Waals surface area contributed by atoms with Crippen molar-refractivity contribution in [1.82, 2.24) is 9.55 Å². The van der Waals surface area contributed by atoms with Gasteiger partial charge < -0.3 is 4.57 Å². The lowest BCUT2D eigenvalue weighted by Gasteiger charge is -2.06. The first-order valence-corrected chi connectivity index (χ1v) is 6.56. The number of aromatic nitrogens is 2. The van der Waals surface area contributed by atoms with Gasteiger partial charge in [0, 0.05) is 18.3 Å². The van der Waals surface area contributed by atoms with Crippen molar-refractivity contribution in [2.45, 2.75) is 31.7 Å². The minimum absolute atomic E-state index is 0.228. The Bertz CT molecular complexity index is 546. The quantitative estimate of drug-likeness (QED) is 0.759. The molecule has 1 saturated carbocycles. The Morgan fingerprint density at radius 3 is 2.94 bits per heavy atom. The van der Waals surface area contributed by atoms with Crippen molar-refractivity contribution in [2.75, 3.05) is 5.88 Å². The lowest BCUT2D eigenvalue weighted by molar-refractivity contribution is 0.637. The number of fused-ring (bicyclic) bond motifs is 1. The first kappa shape index (κ1) is 11.0. The minimum atomic E-state index is -0.228. The van der Waals surface area contributed by atoms with Gasteiger partial charge in [-0.2, -0.15) is 0 Å². The third-order valence-electron chi connectivity index (χ3n) is 3.19. The molecule has 0 N–H and O–H groups in total. The van der Waals surface area contributed by atoms with Gasteiger partial charge in [-0.05, 0) is 31.4 Å². The molecule has 0 amide bonds. The fourth-order valence-corrected chi connectivity index (χ4v) is 2.41. The Kier molecular flexibility index (Phi) is 2.79. The predicted molar refractivity (Wildman–Crippen MR) is 67.0 cm³/mol. The summed E-state index contributed by atoms with van der Waals surface area (Å²) in [5.41, 5.74) is 1.43. The molecule has 2 nitrogen and oxygen atoms in total. The van der Waals surface area contributed by atoms with E-state index in [1.807, 2.05) is 6.07 Å². The van der Waals surface area contributed by atoms with Crippen LogP contribution < -0.4 is 0 Å². The number of benzene rings is 1. The number of para-hydroxylation sites is 1. The van der Waals surface area contributed by atoms with Crippen LogP contribution in [0.3, 0.4) is 0 Å². The molecule has 1 heterocycles. The van der Waals surface area contributed by atoms with Crippen LogP contribution in [-0.4, -0.2) is 15.4 Å². The summed E-state index contributed by atoms with van der Waals surface area (Å²) in [5, 5.41) is 0. The maximum atomic E-state index is 13.7. The molecule has 1 aromatic carbocycles. The summed E-state index contributed by atoms with van der Waals surface area (Å²) in [5.74, 6) is 1.37. The monoisotopic (exact) mass is 252 g/mol. The van der Waals surface area contributed by atoms with Crippen molar-refractivity contribution >= 4 is 22.6 Å². The highest BCUT2D eigenvalue weighted by Crippen LogP contribution is 2.39. The van der Waals surface area contributed by atoms with Gasteiger partial charge in [-0.25, -0.2) is 9.37 Å². The van der Waals surface area contributed by atoms with Gasteiger partial charge in [0.05, 0.1) is 5.52 Å². The van der Waals surface area contributed by atoms with E-state index in [4.69, 9.17) is 11.6 Å². The first-order chi connectivity index (χ1) is 8.31. The van der Waals surface area contributed by atoms with Crippen LogP contribution >= 0.6 is 11.6 Å². The molecule has 4 heteroatoms. The summed E-state index contributed by atoms with van der Waals surface area (Å²) in [7, 11) is 0. The van der Waals surface area contributed by atoms with Crippen LogP contribution in [0.15, 0.2) is 18.2 Å². The fourth-order valence-electron chi connectivity index (χ4n) is 2.27. The van der Waals surface area contributed by atoms with Crippen LogP contribution in [0.4, 0.5) is 4.39 Å². The summed E-state index contributed by atoms with van der Waals surface area (Å²) in [6.45, 7) is 0. The maximum Gasteiger partial charge on any atom is 0.151 e. The Morgan fingerprint density at radius 2 is 2.24 bits per heavy atom. The molecule has 1 fully saturated rings. The smallest absolute Gasteiger partial charge is 0.151 e. The molecule has 0 radical (unpaired) electrons. The highest BCUT2D eigenvalue weighted by Gasteiger charge is 2.28. The van der Waals surface area contributed by atoms with Crippen LogP contribution in [0.25, 0.3) is 11.0 Å². The number of halogens is 2. The van der Waals surface area contributed by atoms with Crippen LogP contribution in [-0.2, 0) is 6.42 Å². The molecule has 1 aliphatic carbocycles. The normalized spacial score (nSPS) is 15.6. The van der Waals surface area contributed by atoms with Crippen molar-refractivity contribution in [3.05, 3.63) is 29.8 Å². The van der Waals surface area contributed by atoms with E-state index in [-0.39, 0.29) is 5.82 Å². The minimum Gasteiger partial charge on any atom is -0.325 e. The van der Waals surface area contributed by atoms with E-state index < -0.39 is 0 Å². The van der Waals surface area contributed by atoms with E-state index in [2.05, 4.69) is 9.55 Å². The van der Waals surface area contributed by atoms with E-state index in [1.54, 1.807) is 6.07 Å². The van der Waals surface area contributed by atoms with Gasteiger partial charge in [0.15, 0.2) is 5.82 Å². The molecular weight excluding hydrogens is 239 g/mol. The standard InChI is InChI=1S/C13H14ClFN2/c14-8-2-5-12-16-13-10(15)3-1-4-11(13)17(12)9-6-7-9/h1,3-4,9H,2,5-8H2. The molecule has 3 rings (SSSR count). The Hall–Kier alpha value is -1.09. The third kappa shape index (κ3) is 1.93. The molecule has 0 spiro atoms. The highest BCUT2D eigenvalue weighted by atomic mass is 35.5. The summed E-state index contributed by atoms with van der Waals surface area (Å²) < 4.78 is 15.9. The van der Waals surface area contributed by atoms with Crippen LogP contribution in [0, 0.1) is 5.82 Å². The van der Waals surface area contributed by atoms with Crippen molar-refractivity contribution in [3.63, 3.8) is 0 Å². The second kappa shape index (κ2) is 4.30. The molecule has 0 saturated heterocycles. The van der Waals surface area contributed by atoms with Crippen molar-refractivity contribution < 1.29 is 4.39 Å². The third-order valence-corrected chi connectivity index (χ3v) is 3.46. The number of aryl methyl sites for hydroxylation is 1. The zero-order valence-electron chi connectivity index (χ0n) is 9.50. The zero-order valence-corrected chi connectivity index (χ0v) is 10.3. The number of hydrogen-bond acceptors (Lipinski definition) is 1. The zero-order chi connectivity index (χ0) is 11.8. The van der Waals surface area contributed by atoms with Gasteiger partial charge in [-0.3, -0.25) is 0 Å². The lowest BCUT2D eigenvalue weighted by Crippen LogP contribution is -2.01.